The third kappa shape index (κ3) is 4.43. The molecule has 0 amide bonds. The zero-order chi connectivity index (χ0) is 15.2. The summed E-state index contributed by atoms with van der Waals surface area (Å²) < 4.78 is 14.1. The van der Waals surface area contributed by atoms with Crippen molar-refractivity contribution in [3.05, 3.63) is 35.1 Å². The van der Waals surface area contributed by atoms with Crippen LogP contribution >= 0.6 is 0 Å². The summed E-state index contributed by atoms with van der Waals surface area (Å²) in [4.78, 5) is 2.18. The number of nitrogens with two attached hydrogens (primary N) is 1. The number of hydrogen-bond acceptors (Lipinski definition) is 3. The minimum absolute atomic E-state index is 0.0731. The summed E-state index contributed by atoms with van der Waals surface area (Å²) in [6, 6.07) is 4.71. The normalized spacial score (nSPS) is 17.4. The number of nitrogens with zero attached hydrogens (tertiary/aromatic N) is 2. The number of amidine groups is 1. The molecule has 116 valence electrons. The van der Waals surface area contributed by atoms with Crippen molar-refractivity contribution >= 4 is 5.84 Å². The topological polar surface area (TPSA) is 61.8 Å². The molecule has 5 heteroatoms. The van der Waals surface area contributed by atoms with Gasteiger partial charge in [-0.1, -0.05) is 36.6 Å². The van der Waals surface area contributed by atoms with E-state index < -0.39 is 0 Å². The highest BCUT2D eigenvalue weighted by Crippen LogP contribution is 2.24. The van der Waals surface area contributed by atoms with E-state index in [1.807, 2.05) is 7.05 Å². The van der Waals surface area contributed by atoms with Gasteiger partial charge in [0.05, 0.1) is 0 Å². The van der Waals surface area contributed by atoms with E-state index in [4.69, 9.17) is 10.9 Å². The van der Waals surface area contributed by atoms with Crippen LogP contribution in [-0.2, 0) is 6.54 Å². The van der Waals surface area contributed by atoms with Crippen LogP contribution in [0, 0.1) is 11.7 Å². The van der Waals surface area contributed by atoms with Gasteiger partial charge >= 0.3 is 0 Å². The van der Waals surface area contributed by atoms with Crippen molar-refractivity contribution in [2.45, 2.75) is 38.6 Å². The number of oxime groups is 1. The van der Waals surface area contributed by atoms with Crippen molar-refractivity contribution in [1.82, 2.24) is 4.90 Å². The van der Waals surface area contributed by atoms with E-state index in [2.05, 4.69) is 10.1 Å². The van der Waals surface area contributed by atoms with Crippen LogP contribution in [-0.4, -0.2) is 29.5 Å². The second kappa shape index (κ2) is 7.41. The van der Waals surface area contributed by atoms with Crippen LogP contribution in [0.25, 0.3) is 0 Å². The molecule has 0 unspecified atom stereocenters. The van der Waals surface area contributed by atoms with E-state index in [-0.39, 0.29) is 11.7 Å². The number of hydrogen-bond donors (Lipinski definition) is 2. The van der Waals surface area contributed by atoms with Crippen LogP contribution in [0.4, 0.5) is 4.39 Å². The first-order chi connectivity index (χ1) is 10.1. The van der Waals surface area contributed by atoms with Gasteiger partial charge in [0.2, 0.25) is 0 Å². The Balaban J connectivity index is 1.95. The highest BCUT2D eigenvalue weighted by molar-refractivity contribution is 5.97. The summed E-state index contributed by atoms with van der Waals surface area (Å²) in [6.45, 7) is 1.60. The zero-order valence-corrected chi connectivity index (χ0v) is 12.6. The molecule has 0 atom stereocenters. The average molecular weight is 293 g/mol. The molecule has 2 rings (SSSR count). The monoisotopic (exact) mass is 293 g/mol. The smallest absolute Gasteiger partial charge is 0.170 e. The third-order valence-electron chi connectivity index (χ3n) is 4.19. The SMILES string of the molecule is CN(Cc1ccc(C(N)=NO)cc1F)CC1CCCCC1. The molecule has 0 radical (unpaired) electrons. The van der Waals surface area contributed by atoms with Crippen molar-refractivity contribution in [2.24, 2.45) is 16.8 Å². The molecule has 3 N–H and O–H groups in total. The van der Waals surface area contributed by atoms with Crippen LogP contribution in [0.15, 0.2) is 23.4 Å². The van der Waals surface area contributed by atoms with Crippen molar-refractivity contribution in [1.29, 1.82) is 0 Å². The Kier molecular flexibility index (Phi) is 5.56. The summed E-state index contributed by atoms with van der Waals surface area (Å²) in [5.74, 6) is 0.355. The molecule has 0 aliphatic heterocycles. The predicted octanol–water partition coefficient (Wildman–Crippen LogP) is 2.93. The summed E-state index contributed by atoms with van der Waals surface area (Å²) in [5.41, 5.74) is 6.50. The van der Waals surface area contributed by atoms with Gasteiger partial charge < -0.3 is 15.8 Å². The number of rotatable bonds is 5. The fourth-order valence-corrected chi connectivity index (χ4v) is 3.06. The molecule has 1 aliphatic carbocycles. The molecule has 1 aliphatic rings. The highest BCUT2D eigenvalue weighted by atomic mass is 19.1. The van der Waals surface area contributed by atoms with Gasteiger partial charge in [-0.2, -0.15) is 0 Å². The molecule has 0 saturated heterocycles. The van der Waals surface area contributed by atoms with Gasteiger partial charge in [-0.15, -0.1) is 0 Å². The van der Waals surface area contributed by atoms with Crippen LogP contribution in [0.1, 0.15) is 43.2 Å². The average Bonchev–Trinajstić information content (AvgIpc) is 2.49. The van der Waals surface area contributed by atoms with E-state index >= 15 is 0 Å². The van der Waals surface area contributed by atoms with Gasteiger partial charge in [0, 0.05) is 24.2 Å². The minimum Gasteiger partial charge on any atom is -0.409 e. The zero-order valence-electron chi connectivity index (χ0n) is 12.6. The summed E-state index contributed by atoms with van der Waals surface area (Å²) >= 11 is 0. The van der Waals surface area contributed by atoms with Crippen molar-refractivity contribution in [3.63, 3.8) is 0 Å². The van der Waals surface area contributed by atoms with Crippen LogP contribution in [0.5, 0.6) is 0 Å². The van der Waals surface area contributed by atoms with Crippen molar-refractivity contribution in [3.8, 4) is 0 Å². The van der Waals surface area contributed by atoms with Gasteiger partial charge in [0.1, 0.15) is 5.82 Å². The fraction of sp³-hybridized carbons (Fsp3) is 0.562. The first-order valence-electron chi connectivity index (χ1n) is 7.55. The van der Waals surface area contributed by atoms with Crippen LogP contribution < -0.4 is 5.73 Å². The number of halogens is 1. The molecule has 0 bridgehead atoms. The van der Waals surface area contributed by atoms with Crippen LogP contribution in [0.2, 0.25) is 0 Å². The number of benzene rings is 1. The van der Waals surface area contributed by atoms with E-state index in [0.717, 1.165) is 12.5 Å². The maximum atomic E-state index is 14.1. The summed E-state index contributed by atoms with van der Waals surface area (Å²) in [6.07, 6.45) is 6.57. The Hall–Kier alpha value is -1.62. The van der Waals surface area contributed by atoms with Gasteiger partial charge in [0.25, 0.3) is 0 Å². The Bertz CT molecular complexity index is 498. The lowest BCUT2D eigenvalue weighted by molar-refractivity contribution is 0.226. The van der Waals surface area contributed by atoms with E-state index in [1.165, 1.54) is 38.2 Å². The molecule has 0 heterocycles. The molecule has 0 aromatic heterocycles. The quantitative estimate of drug-likeness (QED) is 0.380. The van der Waals surface area contributed by atoms with Crippen molar-refractivity contribution < 1.29 is 9.60 Å². The Morgan fingerprint density at radius 1 is 1.38 bits per heavy atom. The standard InChI is InChI=1S/C16H24FN3O/c1-20(10-12-5-3-2-4-6-12)11-14-8-7-13(9-15(14)17)16(18)19-21/h7-9,12,21H,2-6,10-11H2,1H3,(H2,18,19). The maximum absolute atomic E-state index is 14.1. The first-order valence-corrected chi connectivity index (χ1v) is 7.55. The Labute approximate surface area is 125 Å². The van der Waals surface area contributed by atoms with Gasteiger partial charge in [-0.3, -0.25) is 0 Å². The molecular formula is C16H24FN3O. The second-order valence-corrected chi connectivity index (χ2v) is 5.99. The third-order valence-corrected chi connectivity index (χ3v) is 4.19. The van der Waals surface area contributed by atoms with Crippen LogP contribution in [0.3, 0.4) is 0 Å². The largest absolute Gasteiger partial charge is 0.409 e. The van der Waals surface area contributed by atoms with E-state index in [0.29, 0.717) is 17.7 Å². The molecular weight excluding hydrogens is 269 g/mol. The summed E-state index contributed by atoms with van der Waals surface area (Å²) in [5, 5.41) is 11.5. The Morgan fingerprint density at radius 3 is 2.71 bits per heavy atom. The molecule has 1 aromatic rings. The van der Waals surface area contributed by atoms with Gasteiger partial charge in [-0.25, -0.2) is 4.39 Å². The maximum Gasteiger partial charge on any atom is 0.170 e. The first kappa shape index (κ1) is 15.8. The Morgan fingerprint density at radius 2 is 2.10 bits per heavy atom. The predicted molar refractivity (Wildman–Crippen MR) is 81.8 cm³/mol. The second-order valence-electron chi connectivity index (χ2n) is 5.99. The highest BCUT2D eigenvalue weighted by Gasteiger charge is 2.16. The molecule has 1 aromatic carbocycles. The minimum atomic E-state index is -0.311. The molecule has 1 saturated carbocycles. The van der Waals surface area contributed by atoms with E-state index in [9.17, 15) is 4.39 Å². The van der Waals surface area contributed by atoms with Gasteiger partial charge in [0.15, 0.2) is 5.84 Å². The summed E-state index contributed by atoms with van der Waals surface area (Å²) in [7, 11) is 2.03. The van der Waals surface area contributed by atoms with Gasteiger partial charge in [-0.05, 0) is 31.9 Å². The lowest BCUT2D eigenvalue weighted by atomic mass is 9.89. The molecule has 1 fully saturated rings. The lowest BCUT2D eigenvalue weighted by Gasteiger charge is -2.27. The van der Waals surface area contributed by atoms with E-state index in [1.54, 1.807) is 12.1 Å². The molecule has 0 spiro atoms. The molecule has 4 nitrogen and oxygen atoms in total. The lowest BCUT2D eigenvalue weighted by Crippen LogP contribution is -2.27. The van der Waals surface area contributed by atoms with Crippen molar-refractivity contribution in [2.75, 3.05) is 13.6 Å². The fourth-order valence-electron chi connectivity index (χ4n) is 3.06. The molecule has 21 heavy (non-hydrogen) atoms.